The summed E-state index contributed by atoms with van der Waals surface area (Å²) in [7, 11) is 0. The van der Waals surface area contributed by atoms with Gasteiger partial charge in [0.2, 0.25) is 0 Å². The molecule has 1 aromatic heterocycles. The lowest BCUT2D eigenvalue weighted by atomic mass is 9.87. The molecule has 7 heteroatoms. The number of thiophene rings is 1. The van der Waals surface area contributed by atoms with Crippen LogP contribution in [0.15, 0.2) is 26.1 Å². The van der Waals surface area contributed by atoms with Gasteiger partial charge in [-0.2, -0.15) is 0 Å². The molecule has 0 radical (unpaired) electrons. The van der Waals surface area contributed by atoms with Gasteiger partial charge in [-0.25, -0.2) is 4.99 Å². The molecule has 4 nitrogen and oxygen atoms in total. The smallest absolute Gasteiger partial charge is 0.252 e. The number of nitrogens with zero attached hydrogens (tertiary/aromatic N) is 1. The van der Waals surface area contributed by atoms with E-state index in [1.807, 2.05) is 0 Å². The van der Waals surface area contributed by atoms with Crippen LogP contribution >= 0.6 is 43.2 Å². The summed E-state index contributed by atoms with van der Waals surface area (Å²) < 4.78 is 1.40. The third-order valence-corrected chi connectivity index (χ3v) is 6.38. The normalized spacial score (nSPS) is 17.2. The van der Waals surface area contributed by atoms with E-state index in [1.54, 1.807) is 18.3 Å². The number of hydrogen-bond acceptors (Lipinski definition) is 4. The van der Waals surface area contributed by atoms with Crippen molar-refractivity contribution in [1.29, 1.82) is 0 Å². The maximum Gasteiger partial charge on any atom is 0.252 e. The lowest BCUT2D eigenvalue weighted by molar-refractivity contribution is 0.1000. The SMILES string of the molecule is CC1CCc2sc(N=Cc3cc(Br)cc(Br)c3O)c(C(N)=O)c2C1. The maximum atomic E-state index is 11.9. The zero-order valence-electron chi connectivity index (χ0n) is 13.0. The van der Waals surface area contributed by atoms with Crippen molar-refractivity contribution in [1.82, 2.24) is 0 Å². The van der Waals surface area contributed by atoms with Gasteiger partial charge in [0, 0.05) is 21.1 Å². The Hall–Kier alpha value is -1.18. The molecule has 1 aliphatic rings. The van der Waals surface area contributed by atoms with Crippen LogP contribution in [0.2, 0.25) is 0 Å². The molecule has 1 atom stereocenters. The van der Waals surface area contributed by atoms with E-state index < -0.39 is 5.91 Å². The average molecular weight is 472 g/mol. The van der Waals surface area contributed by atoms with Gasteiger partial charge in [0.05, 0.1) is 10.0 Å². The summed E-state index contributed by atoms with van der Waals surface area (Å²) in [4.78, 5) is 17.6. The molecule has 1 aromatic carbocycles. The van der Waals surface area contributed by atoms with E-state index >= 15 is 0 Å². The van der Waals surface area contributed by atoms with E-state index in [4.69, 9.17) is 5.73 Å². The number of phenolic OH excluding ortho intramolecular Hbond substituents is 1. The molecule has 1 aliphatic carbocycles. The van der Waals surface area contributed by atoms with Crippen molar-refractivity contribution >= 4 is 60.3 Å². The number of carbonyl (C=O) groups is 1. The lowest BCUT2D eigenvalue weighted by Crippen LogP contribution is -2.17. The molecule has 3 rings (SSSR count). The molecule has 0 saturated carbocycles. The number of phenols is 1. The maximum absolute atomic E-state index is 11.9. The highest BCUT2D eigenvalue weighted by atomic mass is 79.9. The van der Waals surface area contributed by atoms with Crippen molar-refractivity contribution in [3.05, 3.63) is 42.6 Å². The average Bonchev–Trinajstić information content (AvgIpc) is 2.87. The van der Waals surface area contributed by atoms with Crippen LogP contribution in [0.25, 0.3) is 0 Å². The Labute approximate surface area is 161 Å². The number of primary amides is 1. The Morgan fingerprint density at radius 1 is 1.46 bits per heavy atom. The van der Waals surface area contributed by atoms with Crippen molar-refractivity contribution in [2.24, 2.45) is 16.6 Å². The largest absolute Gasteiger partial charge is 0.506 e. The molecule has 0 fully saturated rings. The molecule has 1 amide bonds. The molecule has 0 aliphatic heterocycles. The fraction of sp³-hybridized carbons (Fsp3) is 0.294. The zero-order valence-corrected chi connectivity index (χ0v) is 17.0. The van der Waals surface area contributed by atoms with Gasteiger partial charge in [-0.1, -0.05) is 22.9 Å². The summed E-state index contributed by atoms with van der Waals surface area (Å²) in [6.07, 6.45) is 4.52. The molecule has 1 unspecified atom stereocenters. The topological polar surface area (TPSA) is 75.7 Å². The quantitative estimate of drug-likeness (QED) is 0.621. The van der Waals surface area contributed by atoms with Crippen molar-refractivity contribution in [3.63, 3.8) is 0 Å². The van der Waals surface area contributed by atoms with Gasteiger partial charge in [-0.3, -0.25) is 4.79 Å². The van der Waals surface area contributed by atoms with E-state index in [1.165, 1.54) is 16.2 Å². The molecule has 3 N–H and O–H groups in total. The molecule has 0 spiro atoms. The Kier molecular flexibility index (Phi) is 5.13. The molecule has 24 heavy (non-hydrogen) atoms. The van der Waals surface area contributed by atoms with Gasteiger partial charge < -0.3 is 10.8 Å². The van der Waals surface area contributed by atoms with E-state index in [2.05, 4.69) is 43.8 Å². The summed E-state index contributed by atoms with van der Waals surface area (Å²) in [6, 6.07) is 3.52. The molecule has 126 valence electrons. The van der Waals surface area contributed by atoms with E-state index in [9.17, 15) is 9.90 Å². The second kappa shape index (κ2) is 6.98. The van der Waals surface area contributed by atoms with Crippen LogP contribution in [0.1, 0.15) is 39.7 Å². The summed E-state index contributed by atoms with van der Waals surface area (Å²) in [5, 5.41) is 10.8. The van der Waals surface area contributed by atoms with E-state index in [0.29, 0.717) is 26.5 Å². The van der Waals surface area contributed by atoms with Crippen molar-refractivity contribution in [2.75, 3.05) is 0 Å². The number of halogens is 2. The predicted molar refractivity (Wildman–Crippen MR) is 105 cm³/mol. The Bertz CT molecular complexity index is 846. The lowest BCUT2D eigenvalue weighted by Gasteiger charge is -2.18. The number of carbonyl (C=O) groups excluding carboxylic acids is 1. The molecular formula is C17H16Br2N2O2S. The Morgan fingerprint density at radius 3 is 2.92 bits per heavy atom. The minimum Gasteiger partial charge on any atom is -0.506 e. The fourth-order valence-electron chi connectivity index (χ4n) is 2.90. The minimum absolute atomic E-state index is 0.109. The standard InChI is InChI=1S/C17H16Br2N2O2S/c1-8-2-3-13-11(4-8)14(16(20)23)17(24-13)21-7-9-5-10(18)6-12(19)15(9)22/h5-8,22H,2-4H2,1H3,(H2,20,23). The van der Waals surface area contributed by atoms with Gasteiger partial charge in [-0.15, -0.1) is 11.3 Å². The number of aryl methyl sites for hydroxylation is 1. The van der Waals surface area contributed by atoms with Crippen LogP contribution < -0.4 is 5.73 Å². The summed E-state index contributed by atoms with van der Waals surface area (Å²) in [5.41, 5.74) is 7.75. The van der Waals surface area contributed by atoms with E-state index in [-0.39, 0.29) is 5.75 Å². The van der Waals surface area contributed by atoms with Gasteiger partial charge >= 0.3 is 0 Å². The van der Waals surface area contributed by atoms with E-state index in [0.717, 1.165) is 29.3 Å². The molecule has 1 heterocycles. The first-order valence-corrected chi connectivity index (χ1v) is 9.93. The van der Waals surface area contributed by atoms with Gasteiger partial charge in [0.15, 0.2) is 0 Å². The number of hydrogen-bond donors (Lipinski definition) is 2. The summed E-state index contributed by atoms with van der Waals surface area (Å²) in [5.74, 6) is 0.220. The van der Waals surface area contributed by atoms with Gasteiger partial charge in [-0.05, 0) is 58.8 Å². The number of nitrogens with two attached hydrogens (primary N) is 1. The first-order valence-electron chi connectivity index (χ1n) is 7.53. The molecule has 0 bridgehead atoms. The van der Waals surface area contributed by atoms with Gasteiger partial charge in [0.25, 0.3) is 5.91 Å². The van der Waals surface area contributed by atoms with Crippen molar-refractivity contribution in [2.45, 2.75) is 26.2 Å². The van der Waals surface area contributed by atoms with Crippen LogP contribution in [-0.4, -0.2) is 17.2 Å². The highest BCUT2D eigenvalue weighted by Crippen LogP contribution is 2.41. The monoisotopic (exact) mass is 470 g/mol. The number of aromatic hydroxyl groups is 1. The summed E-state index contributed by atoms with van der Waals surface area (Å²) in [6.45, 7) is 2.19. The van der Waals surface area contributed by atoms with Gasteiger partial charge in [0.1, 0.15) is 10.8 Å². The minimum atomic E-state index is -0.437. The number of amides is 1. The van der Waals surface area contributed by atoms with Crippen molar-refractivity contribution in [3.8, 4) is 5.75 Å². The predicted octanol–water partition coefficient (Wildman–Crippen LogP) is 4.95. The third-order valence-electron chi connectivity index (χ3n) is 4.11. The van der Waals surface area contributed by atoms with Crippen LogP contribution in [0.4, 0.5) is 5.00 Å². The first kappa shape index (κ1) is 17.6. The number of benzene rings is 1. The van der Waals surface area contributed by atoms with Crippen LogP contribution in [-0.2, 0) is 12.8 Å². The van der Waals surface area contributed by atoms with Crippen LogP contribution in [0, 0.1) is 5.92 Å². The third kappa shape index (κ3) is 3.43. The number of fused-ring (bicyclic) bond motifs is 1. The highest BCUT2D eigenvalue weighted by Gasteiger charge is 2.26. The van der Waals surface area contributed by atoms with Crippen molar-refractivity contribution < 1.29 is 9.90 Å². The number of aliphatic imine (C=N–C) groups is 1. The first-order chi connectivity index (χ1) is 11.4. The second-order valence-electron chi connectivity index (χ2n) is 5.98. The molecular weight excluding hydrogens is 456 g/mol. The van der Waals surface area contributed by atoms with Crippen LogP contribution in [0.5, 0.6) is 5.75 Å². The van der Waals surface area contributed by atoms with Crippen LogP contribution in [0.3, 0.4) is 0 Å². The highest BCUT2D eigenvalue weighted by molar-refractivity contribution is 9.11. The molecule has 0 saturated heterocycles. The zero-order chi connectivity index (χ0) is 17.4. The number of rotatable bonds is 3. The fourth-order valence-corrected chi connectivity index (χ4v) is 5.35. The summed E-state index contributed by atoms with van der Waals surface area (Å²) >= 11 is 8.21. The second-order valence-corrected chi connectivity index (χ2v) is 8.83. The Balaban J connectivity index is 2.03. The Morgan fingerprint density at radius 2 is 2.21 bits per heavy atom. The molecule has 2 aromatic rings.